The number of carbonyl (C=O) groups excluding carboxylic acids is 2. The van der Waals surface area contributed by atoms with E-state index in [1.165, 1.54) is 12.1 Å². The summed E-state index contributed by atoms with van der Waals surface area (Å²) in [4.78, 5) is 23.5. The Morgan fingerprint density at radius 1 is 1.00 bits per heavy atom. The third-order valence-corrected chi connectivity index (χ3v) is 3.27. The van der Waals surface area contributed by atoms with E-state index in [1.54, 1.807) is 36.4 Å². The lowest BCUT2D eigenvalue weighted by atomic mass is 10.1. The molecule has 2 aromatic rings. The van der Waals surface area contributed by atoms with Crippen molar-refractivity contribution in [1.29, 1.82) is 5.26 Å². The lowest BCUT2D eigenvalue weighted by molar-refractivity contribution is -0.126. The van der Waals surface area contributed by atoms with Crippen molar-refractivity contribution in [2.24, 2.45) is 0 Å². The lowest BCUT2D eigenvalue weighted by Gasteiger charge is -2.07. The number of carbonyl (C=O) groups is 2. The molecular formula is C18H16FN3O2. The average Bonchev–Trinajstić information content (AvgIpc) is 2.57. The number of benzene rings is 2. The molecule has 24 heavy (non-hydrogen) atoms. The maximum atomic E-state index is 12.8. The molecule has 0 saturated heterocycles. The highest BCUT2D eigenvalue weighted by Gasteiger charge is 2.09. The third kappa shape index (κ3) is 5.54. The second kappa shape index (κ2) is 8.44. The fourth-order valence-electron chi connectivity index (χ4n) is 2.04. The molecule has 122 valence electrons. The molecule has 0 unspecified atom stereocenters. The molecule has 0 radical (unpaired) electrons. The fourth-order valence-corrected chi connectivity index (χ4v) is 2.04. The van der Waals surface area contributed by atoms with Gasteiger partial charge in [-0.25, -0.2) is 4.39 Å². The summed E-state index contributed by atoms with van der Waals surface area (Å²) in [5.41, 5.74) is 1.92. The molecule has 0 aliphatic carbocycles. The van der Waals surface area contributed by atoms with E-state index in [0.717, 1.165) is 5.56 Å². The molecule has 2 rings (SSSR count). The van der Waals surface area contributed by atoms with Gasteiger partial charge in [0, 0.05) is 12.2 Å². The Hall–Kier alpha value is -3.20. The second-order valence-corrected chi connectivity index (χ2v) is 5.14. The van der Waals surface area contributed by atoms with Crippen LogP contribution in [-0.4, -0.2) is 18.4 Å². The van der Waals surface area contributed by atoms with Crippen LogP contribution >= 0.6 is 0 Å². The van der Waals surface area contributed by atoms with Gasteiger partial charge < -0.3 is 10.6 Å². The van der Waals surface area contributed by atoms with Crippen LogP contribution in [0, 0.1) is 17.1 Å². The predicted molar refractivity (Wildman–Crippen MR) is 87.5 cm³/mol. The van der Waals surface area contributed by atoms with Gasteiger partial charge in [0.05, 0.1) is 11.6 Å². The predicted octanol–water partition coefficient (Wildman–Crippen LogP) is 2.38. The van der Waals surface area contributed by atoms with Crippen LogP contribution in [0.2, 0.25) is 0 Å². The standard InChI is InChI=1S/C18H16FN3O2/c19-15-5-1-13(2-6-15)9-10-21-17(23)11-18(24)22-16-7-3-14(12-20)4-8-16/h1-8H,9-11H2,(H,21,23)(H,22,24). The molecule has 0 saturated carbocycles. The Balaban J connectivity index is 1.72. The number of hydrogen-bond acceptors (Lipinski definition) is 3. The SMILES string of the molecule is N#Cc1ccc(NC(=O)CC(=O)NCCc2ccc(F)cc2)cc1. The van der Waals surface area contributed by atoms with E-state index >= 15 is 0 Å². The van der Waals surface area contributed by atoms with Gasteiger partial charge in [-0.15, -0.1) is 0 Å². The summed E-state index contributed by atoms with van der Waals surface area (Å²) in [5, 5.41) is 13.9. The zero-order valence-electron chi connectivity index (χ0n) is 12.9. The van der Waals surface area contributed by atoms with Crippen LogP contribution in [0.1, 0.15) is 17.5 Å². The first kappa shape index (κ1) is 17.2. The Bertz CT molecular complexity index is 749. The molecule has 0 heterocycles. The molecule has 0 bridgehead atoms. The average molecular weight is 325 g/mol. The van der Waals surface area contributed by atoms with Gasteiger partial charge in [0.25, 0.3) is 0 Å². The van der Waals surface area contributed by atoms with Gasteiger partial charge in [-0.2, -0.15) is 5.26 Å². The van der Waals surface area contributed by atoms with Gasteiger partial charge in [-0.3, -0.25) is 9.59 Å². The van der Waals surface area contributed by atoms with E-state index in [-0.39, 0.29) is 18.1 Å². The summed E-state index contributed by atoms with van der Waals surface area (Å²) in [5.74, 6) is -1.12. The van der Waals surface area contributed by atoms with Crippen molar-refractivity contribution in [3.63, 3.8) is 0 Å². The molecule has 0 aliphatic rings. The molecule has 2 amide bonds. The minimum Gasteiger partial charge on any atom is -0.355 e. The van der Waals surface area contributed by atoms with Crippen LogP contribution in [0.5, 0.6) is 0 Å². The Morgan fingerprint density at radius 3 is 2.29 bits per heavy atom. The molecule has 6 heteroatoms. The summed E-state index contributed by atoms with van der Waals surface area (Å²) >= 11 is 0. The molecule has 2 N–H and O–H groups in total. The highest BCUT2D eigenvalue weighted by atomic mass is 19.1. The number of nitrogens with zero attached hydrogens (tertiary/aromatic N) is 1. The maximum Gasteiger partial charge on any atom is 0.233 e. The van der Waals surface area contributed by atoms with Gasteiger partial charge in [0.1, 0.15) is 12.2 Å². The zero-order valence-corrected chi connectivity index (χ0v) is 12.9. The van der Waals surface area contributed by atoms with Crippen molar-refractivity contribution in [3.05, 3.63) is 65.5 Å². The van der Waals surface area contributed by atoms with Crippen LogP contribution < -0.4 is 10.6 Å². The van der Waals surface area contributed by atoms with Gasteiger partial charge in [0.2, 0.25) is 11.8 Å². The number of anilines is 1. The van der Waals surface area contributed by atoms with E-state index in [4.69, 9.17) is 5.26 Å². The molecule has 0 atom stereocenters. The molecule has 2 aromatic carbocycles. The monoisotopic (exact) mass is 325 g/mol. The first-order valence-electron chi connectivity index (χ1n) is 7.38. The van der Waals surface area contributed by atoms with Gasteiger partial charge >= 0.3 is 0 Å². The highest BCUT2D eigenvalue weighted by molar-refractivity contribution is 6.03. The fraction of sp³-hybridized carbons (Fsp3) is 0.167. The van der Waals surface area contributed by atoms with Crippen LogP contribution in [0.4, 0.5) is 10.1 Å². The number of nitriles is 1. The van der Waals surface area contributed by atoms with Crippen LogP contribution in [0.25, 0.3) is 0 Å². The summed E-state index contributed by atoms with van der Waals surface area (Å²) < 4.78 is 12.8. The minimum atomic E-state index is -0.431. The van der Waals surface area contributed by atoms with Crippen molar-refractivity contribution in [2.75, 3.05) is 11.9 Å². The van der Waals surface area contributed by atoms with Crippen molar-refractivity contribution in [2.45, 2.75) is 12.8 Å². The van der Waals surface area contributed by atoms with E-state index in [9.17, 15) is 14.0 Å². The Kier molecular flexibility index (Phi) is 6.03. The van der Waals surface area contributed by atoms with Crippen LogP contribution in [-0.2, 0) is 16.0 Å². The van der Waals surface area contributed by atoms with Gasteiger partial charge in [-0.05, 0) is 48.4 Å². The van der Waals surface area contributed by atoms with Crippen molar-refractivity contribution in [1.82, 2.24) is 5.32 Å². The Labute approximate surface area is 139 Å². The number of halogens is 1. The largest absolute Gasteiger partial charge is 0.355 e. The number of amides is 2. The zero-order chi connectivity index (χ0) is 17.4. The van der Waals surface area contributed by atoms with Crippen molar-refractivity contribution in [3.8, 4) is 6.07 Å². The first-order valence-corrected chi connectivity index (χ1v) is 7.38. The first-order chi connectivity index (χ1) is 11.6. The van der Waals surface area contributed by atoms with Crippen molar-refractivity contribution >= 4 is 17.5 Å². The third-order valence-electron chi connectivity index (χ3n) is 3.27. The normalized spacial score (nSPS) is 9.83. The number of nitrogens with one attached hydrogen (secondary N) is 2. The molecule has 0 spiro atoms. The van der Waals surface area contributed by atoms with Crippen LogP contribution in [0.3, 0.4) is 0 Å². The van der Waals surface area contributed by atoms with Crippen LogP contribution in [0.15, 0.2) is 48.5 Å². The van der Waals surface area contributed by atoms with E-state index in [1.807, 2.05) is 6.07 Å². The molecule has 0 aromatic heterocycles. The topological polar surface area (TPSA) is 82.0 Å². The lowest BCUT2D eigenvalue weighted by Crippen LogP contribution is -2.29. The van der Waals surface area contributed by atoms with Gasteiger partial charge in [0.15, 0.2) is 0 Å². The second-order valence-electron chi connectivity index (χ2n) is 5.14. The Morgan fingerprint density at radius 2 is 1.67 bits per heavy atom. The van der Waals surface area contributed by atoms with E-state index in [2.05, 4.69) is 10.6 Å². The summed E-state index contributed by atoms with van der Waals surface area (Å²) in [7, 11) is 0. The smallest absolute Gasteiger partial charge is 0.233 e. The maximum absolute atomic E-state index is 12.8. The van der Waals surface area contributed by atoms with Gasteiger partial charge in [-0.1, -0.05) is 12.1 Å². The highest BCUT2D eigenvalue weighted by Crippen LogP contribution is 2.09. The van der Waals surface area contributed by atoms with E-state index in [0.29, 0.717) is 24.2 Å². The summed E-state index contributed by atoms with van der Waals surface area (Å²) in [6.45, 7) is 0.370. The molecule has 5 nitrogen and oxygen atoms in total. The van der Waals surface area contributed by atoms with E-state index < -0.39 is 5.91 Å². The molecule has 0 fully saturated rings. The van der Waals surface area contributed by atoms with Crippen molar-refractivity contribution < 1.29 is 14.0 Å². The molecular weight excluding hydrogens is 309 g/mol. The molecule has 0 aliphatic heterocycles. The number of rotatable bonds is 6. The minimum absolute atomic E-state index is 0.288. The summed E-state index contributed by atoms with van der Waals surface area (Å²) in [6, 6.07) is 14.4. The quantitative estimate of drug-likeness (QED) is 0.800. The number of hydrogen-bond donors (Lipinski definition) is 2. The summed E-state index contributed by atoms with van der Waals surface area (Å²) in [6.07, 6.45) is 0.271.